The maximum atomic E-state index is 10.9. The summed E-state index contributed by atoms with van der Waals surface area (Å²) in [5.41, 5.74) is 5.05. The minimum atomic E-state index is -1.42. The van der Waals surface area contributed by atoms with E-state index in [0.29, 0.717) is 0 Å². The maximum absolute atomic E-state index is 10.9. The second-order valence-electron chi connectivity index (χ2n) is 19.5. The molecule has 24 N–H and O–H groups in total. The van der Waals surface area contributed by atoms with Gasteiger partial charge in [0.15, 0.2) is 107 Å². The molecule has 10 aliphatic heterocycles. The summed E-state index contributed by atoms with van der Waals surface area (Å²) in [6, 6.07) is 0. The fourth-order valence-electron chi connectivity index (χ4n) is 7.26. The summed E-state index contributed by atoms with van der Waals surface area (Å²) in [5, 5.41) is 194. The molecule has 0 saturated carbocycles. The van der Waals surface area contributed by atoms with Crippen LogP contribution in [0.2, 0.25) is 0 Å². The van der Waals surface area contributed by atoms with Gasteiger partial charge in [-0.05, 0) is 34.6 Å². The predicted octanol–water partition coefficient (Wildman–Crippen LogP) is -7.00. The predicted molar refractivity (Wildman–Crippen MR) is 283 cm³/mol. The Bertz CT molecular complexity index is 2990. The molecule has 0 aromatic carbocycles. The first-order chi connectivity index (χ1) is 43.1. The van der Waals surface area contributed by atoms with Crippen LogP contribution in [0, 0.1) is 0 Å². The Hall–Kier alpha value is -8.96. The largest absolute Gasteiger partial charge is 1.00 e. The van der Waals surface area contributed by atoms with Gasteiger partial charge < -0.3 is 176 Å². The van der Waals surface area contributed by atoms with Crippen LogP contribution in [0.3, 0.4) is 0 Å². The zero-order valence-corrected chi connectivity index (χ0v) is 51.4. The number of carbonyl (C=O) groups excluding carboxylic acids is 8. The van der Waals surface area contributed by atoms with Crippen LogP contribution in [-0.4, -0.2) is 291 Å². The molecule has 0 aromatic rings. The average Bonchev–Trinajstić information content (AvgIpc) is 1.67. The minimum absolute atomic E-state index is 0. The van der Waals surface area contributed by atoms with Crippen molar-refractivity contribution < 1.29 is 239 Å². The Labute approximate surface area is 547 Å². The van der Waals surface area contributed by atoms with Gasteiger partial charge in [-0.2, -0.15) is 0 Å². The summed E-state index contributed by atoms with van der Waals surface area (Å²) in [6.45, 7) is 6.62. The van der Waals surface area contributed by atoms with Crippen molar-refractivity contribution in [3.8, 4) is 0 Å². The van der Waals surface area contributed by atoms with Crippen LogP contribution >= 0.6 is 0 Å². The minimum Gasteiger partial charge on any atom is -1.00 e. The molecule has 0 spiro atoms. The third-order valence-electron chi connectivity index (χ3n) is 12.2. The second kappa shape index (κ2) is 34.8. The van der Waals surface area contributed by atoms with E-state index in [0.717, 1.165) is 0 Å². The van der Waals surface area contributed by atoms with E-state index < -0.39 is 239 Å². The summed E-state index contributed by atoms with van der Waals surface area (Å²) in [4.78, 5) is 84.3. The van der Waals surface area contributed by atoms with Gasteiger partial charge in [-0.1, -0.05) is 0 Å². The molecule has 10 rings (SSSR count). The topological polar surface area (TPSA) is 718 Å². The molecule has 14 atom stereocenters. The number of aliphatic hydroxyl groups excluding tert-OH is 22. The van der Waals surface area contributed by atoms with Gasteiger partial charge in [0, 0.05) is 6.54 Å². The molecular formula is C50H66NNaO42. The fraction of sp³-hybridized carbons (Fsp3) is 0.520. The van der Waals surface area contributed by atoms with Gasteiger partial charge in [-0.3, -0.25) is 0 Å². The molecule has 14 unspecified atom stereocenters. The normalized spacial score (nSPS) is 28.4. The molecule has 2 saturated heterocycles. The molecule has 10 heterocycles. The summed E-state index contributed by atoms with van der Waals surface area (Å²) in [5.74, 6) is -19.6. The Morgan fingerprint density at radius 1 is 0.457 bits per heavy atom. The fourth-order valence-corrected chi connectivity index (χ4v) is 7.26. The monoisotopic (exact) mass is 1380 g/mol. The van der Waals surface area contributed by atoms with Gasteiger partial charge in [-0.15, -0.1) is 0 Å². The maximum Gasteiger partial charge on any atom is 1.00 e. The van der Waals surface area contributed by atoms with Crippen molar-refractivity contribution in [1.29, 1.82) is 0 Å². The van der Waals surface area contributed by atoms with Crippen LogP contribution in [0.4, 0.5) is 0 Å². The van der Waals surface area contributed by atoms with Gasteiger partial charge in [0.2, 0.25) is 46.1 Å². The number of nitrogens with two attached hydrogens (primary N) is 1. The molecule has 10 aliphatic rings. The number of hydrogen-bond donors (Lipinski definition) is 23. The number of aliphatic hydroxyl groups is 22. The summed E-state index contributed by atoms with van der Waals surface area (Å²) >= 11 is 0. The Balaban J connectivity index is 0.000000545. The van der Waals surface area contributed by atoms with Crippen LogP contribution in [-0.2, 0) is 95.2 Å². The van der Waals surface area contributed by atoms with Crippen molar-refractivity contribution in [3.05, 3.63) is 92.1 Å². The summed E-state index contributed by atoms with van der Waals surface area (Å²) in [6.07, 6.45) is -14.3. The van der Waals surface area contributed by atoms with Crippen molar-refractivity contribution in [1.82, 2.24) is 0 Å². The number of ether oxygens (including phenoxy) is 12. The zero-order valence-electron chi connectivity index (χ0n) is 50.4. The smallest absolute Gasteiger partial charge is 1.00 e. The van der Waals surface area contributed by atoms with Crippen LogP contribution in [0.25, 0.3) is 0 Å². The standard InChI is InChI=1S/C9H12O6.C8H10O6.C6H9NO5.2C6H8O6.C6H8O5.C5H6O4.C4H4O4.Na.H/c1-9(2)13-3-4(15-9)7-5(10)6(11)8(12)14-7;1-3-12-2-4(13-3)7-5(9)6(10)8(11)14-7;3*7-1-2(8)5-3(9)4(10)6(11)12-5;1-2(7)5-3(8)4(9)6(10)11-5;1-2-3(6)4(7)5(8)9-2;5-2-1-8-4(7)3(2)6;;/h4,7,10-11H,3H2,1-2H3;3-4,7,9-10H,2H2,1H3;2,5,8-10H,1,7H2;2*2,5,7-10H,1H2;2,5,7-9H,1H3;2,6-7H,1H3;5-6H,1H2;;/q;;;;;;;;+1;-1. The molecule has 44 heteroatoms. The molecule has 2 fully saturated rings. The van der Waals surface area contributed by atoms with Crippen LogP contribution in [0.15, 0.2) is 92.1 Å². The SMILES string of the molecule is CC(O)C1OC(=O)C(O)=C1O.CC1(C)OCC(C2OC(=O)C(O)=C2O)O1.CC1OC(=O)C(O)=C1O.CC1OCC(C2OC(=O)C(O)=C2O)O1.NCC(O)C1OC(=O)C(O)=C1O.O=C1OC(C(O)CO)C(O)=C1O.O=C1OC(C(O)CO)C(O)=C1O.O=C1OCC(O)=C1O.[H-].[Na+]. The Kier molecular flexibility index (Phi) is 30.0. The van der Waals surface area contributed by atoms with Crippen molar-refractivity contribution in [3.63, 3.8) is 0 Å². The first kappa shape index (κ1) is 81.1. The van der Waals surface area contributed by atoms with Crippen molar-refractivity contribution in [2.75, 3.05) is 39.6 Å². The van der Waals surface area contributed by atoms with E-state index in [2.05, 4.69) is 28.4 Å². The van der Waals surface area contributed by atoms with E-state index in [1.165, 1.54) is 13.8 Å². The van der Waals surface area contributed by atoms with Gasteiger partial charge in [0.1, 0.15) is 30.5 Å². The van der Waals surface area contributed by atoms with E-state index in [1.807, 2.05) is 0 Å². The first-order valence-electron chi connectivity index (χ1n) is 25.9. The molecule has 0 aliphatic carbocycles. The number of cyclic esters (lactones) is 8. The molecular weight excluding hydrogens is 1310 g/mol. The van der Waals surface area contributed by atoms with Crippen molar-refractivity contribution in [2.24, 2.45) is 5.73 Å². The Morgan fingerprint density at radius 3 is 1.00 bits per heavy atom. The van der Waals surface area contributed by atoms with Gasteiger partial charge >= 0.3 is 77.3 Å². The number of rotatable bonds is 9. The van der Waals surface area contributed by atoms with Gasteiger partial charge in [0.25, 0.3) is 0 Å². The Morgan fingerprint density at radius 2 is 0.798 bits per heavy atom. The van der Waals surface area contributed by atoms with Crippen LogP contribution in [0.1, 0.15) is 36.0 Å². The van der Waals surface area contributed by atoms with Crippen molar-refractivity contribution >= 4 is 47.8 Å². The van der Waals surface area contributed by atoms with Gasteiger partial charge in [-0.25, -0.2) is 38.4 Å². The van der Waals surface area contributed by atoms with E-state index >= 15 is 0 Å². The van der Waals surface area contributed by atoms with Gasteiger partial charge in [0.05, 0.1) is 32.5 Å². The second-order valence-corrected chi connectivity index (χ2v) is 19.5. The van der Waals surface area contributed by atoms with E-state index in [9.17, 15) is 48.6 Å². The van der Waals surface area contributed by atoms with Crippen molar-refractivity contribution in [2.45, 2.75) is 126 Å². The molecule has 0 radical (unpaired) electrons. The molecule has 0 amide bonds. The van der Waals surface area contributed by atoms with E-state index in [1.54, 1.807) is 20.8 Å². The number of carbonyl (C=O) groups is 8. The molecule has 524 valence electrons. The summed E-state index contributed by atoms with van der Waals surface area (Å²) in [7, 11) is 0. The molecule has 0 bridgehead atoms. The number of hydrogen-bond acceptors (Lipinski definition) is 43. The number of esters is 8. The average molecular weight is 1380 g/mol. The third-order valence-corrected chi connectivity index (χ3v) is 12.2. The molecule has 94 heavy (non-hydrogen) atoms. The van der Waals surface area contributed by atoms with Crippen LogP contribution in [0.5, 0.6) is 0 Å². The third kappa shape index (κ3) is 20.3. The summed E-state index contributed by atoms with van der Waals surface area (Å²) < 4.78 is 56.3. The van der Waals surface area contributed by atoms with E-state index in [-0.39, 0.29) is 63.1 Å². The van der Waals surface area contributed by atoms with E-state index in [4.69, 9.17) is 136 Å². The van der Waals surface area contributed by atoms with Crippen LogP contribution < -0.4 is 35.3 Å². The first-order valence-corrected chi connectivity index (χ1v) is 25.9. The molecule has 43 nitrogen and oxygen atoms in total. The zero-order chi connectivity index (χ0) is 71.2. The quantitative estimate of drug-likeness (QED) is 0.0579. The molecule has 0 aromatic heterocycles.